The van der Waals surface area contributed by atoms with Crippen LogP contribution in [0.3, 0.4) is 0 Å². The highest BCUT2D eigenvalue weighted by Gasteiger charge is 2.38. The van der Waals surface area contributed by atoms with E-state index >= 15 is 0 Å². The number of likely N-dealkylation sites (tertiary alicyclic amines) is 1. The maximum atomic E-state index is 12.1. The van der Waals surface area contributed by atoms with Crippen LogP contribution < -0.4 is 0 Å². The van der Waals surface area contributed by atoms with E-state index in [2.05, 4.69) is 4.90 Å². The topological polar surface area (TPSA) is 60.8 Å². The van der Waals surface area contributed by atoms with Crippen molar-refractivity contribution < 1.29 is 15.0 Å². The molecular weight excluding hydrogens is 230 g/mol. The predicted octanol–water partition coefficient (Wildman–Crippen LogP) is 1.76. The first-order valence-electron chi connectivity index (χ1n) is 6.42. The molecule has 4 heteroatoms. The molecule has 1 aliphatic carbocycles. The van der Waals surface area contributed by atoms with Crippen molar-refractivity contribution in [3.63, 3.8) is 0 Å². The molecule has 2 unspecified atom stereocenters. The SMILES string of the molecule is O=C(CN1CC2CCC1C2)c1ccc(O)c(O)c1. The van der Waals surface area contributed by atoms with Crippen LogP contribution in [-0.4, -0.2) is 40.0 Å². The number of phenols is 2. The maximum absolute atomic E-state index is 12.1. The molecule has 4 nitrogen and oxygen atoms in total. The molecule has 1 aliphatic heterocycles. The summed E-state index contributed by atoms with van der Waals surface area (Å²) in [5.74, 6) is 0.365. The fraction of sp³-hybridized carbons (Fsp3) is 0.500. The number of hydrogen-bond donors (Lipinski definition) is 2. The van der Waals surface area contributed by atoms with E-state index in [4.69, 9.17) is 0 Å². The Morgan fingerprint density at radius 2 is 2.11 bits per heavy atom. The lowest BCUT2D eigenvalue weighted by molar-refractivity contribution is 0.0904. The normalized spacial score (nSPS) is 26.7. The van der Waals surface area contributed by atoms with Gasteiger partial charge in [0.25, 0.3) is 0 Å². The minimum atomic E-state index is -0.233. The Kier molecular flexibility index (Phi) is 2.74. The highest BCUT2D eigenvalue weighted by Crippen LogP contribution is 2.37. The van der Waals surface area contributed by atoms with Crippen LogP contribution in [0, 0.1) is 5.92 Å². The molecule has 0 radical (unpaired) electrons. The molecule has 0 amide bonds. The van der Waals surface area contributed by atoms with Gasteiger partial charge in [-0.15, -0.1) is 0 Å². The third-order valence-corrected chi connectivity index (χ3v) is 4.17. The van der Waals surface area contributed by atoms with Crippen LogP contribution in [0.4, 0.5) is 0 Å². The van der Waals surface area contributed by atoms with Crippen molar-refractivity contribution in [2.45, 2.75) is 25.3 Å². The number of hydrogen-bond acceptors (Lipinski definition) is 4. The van der Waals surface area contributed by atoms with Gasteiger partial charge in [-0.25, -0.2) is 0 Å². The molecule has 18 heavy (non-hydrogen) atoms. The molecule has 0 spiro atoms. The van der Waals surface area contributed by atoms with Gasteiger partial charge in [0, 0.05) is 18.2 Å². The quantitative estimate of drug-likeness (QED) is 0.631. The molecule has 0 aromatic heterocycles. The van der Waals surface area contributed by atoms with Crippen molar-refractivity contribution in [1.82, 2.24) is 4.90 Å². The van der Waals surface area contributed by atoms with Crippen LogP contribution in [0.1, 0.15) is 29.6 Å². The van der Waals surface area contributed by atoms with Gasteiger partial charge in [0.05, 0.1) is 6.54 Å². The zero-order chi connectivity index (χ0) is 12.7. The zero-order valence-electron chi connectivity index (χ0n) is 10.2. The van der Waals surface area contributed by atoms with E-state index in [1.807, 2.05) is 0 Å². The van der Waals surface area contributed by atoms with E-state index in [1.165, 1.54) is 31.4 Å². The molecule has 1 aromatic carbocycles. The van der Waals surface area contributed by atoms with Crippen LogP contribution in [0.25, 0.3) is 0 Å². The summed E-state index contributed by atoms with van der Waals surface area (Å²) in [4.78, 5) is 14.4. The Morgan fingerprint density at radius 3 is 2.72 bits per heavy atom. The van der Waals surface area contributed by atoms with Crippen molar-refractivity contribution >= 4 is 5.78 Å². The van der Waals surface area contributed by atoms with Gasteiger partial charge >= 0.3 is 0 Å². The molecule has 3 rings (SSSR count). The van der Waals surface area contributed by atoms with Gasteiger partial charge in [0.1, 0.15) is 0 Å². The Bertz CT molecular complexity index is 486. The first-order valence-corrected chi connectivity index (χ1v) is 6.42. The summed E-state index contributed by atoms with van der Waals surface area (Å²) < 4.78 is 0. The van der Waals surface area contributed by atoms with E-state index in [1.54, 1.807) is 6.07 Å². The summed E-state index contributed by atoms with van der Waals surface area (Å²) >= 11 is 0. The number of nitrogens with zero attached hydrogens (tertiary/aromatic N) is 1. The lowest BCUT2D eigenvalue weighted by Crippen LogP contribution is -2.36. The summed E-state index contributed by atoms with van der Waals surface area (Å²) in [5, 5.41) is 18.6. The predicted molar refractivity (Wildman–Crippen MR) is 66.8 cm³/mol. The number of phenolic OH excluding ortho intramolecular Hbond substituents is 2. The average Bonchev–Trinajstić information content (AvgIpc) is 2.94. The number of carbonyl (C=O) groups excluding carboxylic acids is 1. The summed E-state index contributed by atoms with van der Waals surface area (Å²) in [6.45, 7) is 1.45. The van der Waals surface area contributed by atoms with Crippen LogP contribution in [-0.2, 0) is 0 Å². The van der Waals surface area contributed by atoms with Crippen LogP contribution >= 0.6 is 0 Å². The lowest BCUT2D eigenvalue weighted by Gasteiger charge is -2.25. The van der Waals surface area contributed by atoms with Gasteiger partial charge in [-0.2, -0.15) is 0 Å². The van der Waals surface area contributed by atoms with Crippen molar-refractivity contribution in [3.05, 3.63) is 23.8 Å². The third kappa shape index (κ3) is 1.97. The molecule has 1 saturated heterocycles. The number of piperidine rings is 1. The van der Waals surface area contributed by atoms with E-state index in [9.17, 15) is 15.0 Å². The largest absolute Gasteiger partial charge is 0.504 e. The highest BCUT2D eigenvalue weighted by molar-refractivity contribution is 5.98. The van der Waals surface area contributed by atoms with Crippen LogP contribution in [0.5, 0.6) is 11.5 Å². The molecule has 2 fully saturated rings. The number of ketones is 1. The minimum absolute atomic E-state index is 0.0119. The Balaban J connectivity index is 1.69. The fourth-order valence-electron chi connectivity index (χ4n) is 3.19. The van der Waals surface area contributed by atoms with Crippen molar-refractivity contribution in [3.8, 4) is 11.5 Å². The summed E-state index contributed by atoms with van der Waals surface area (Å²) in [6.07, 6.45) is 3.74. The van der Waals surface area contributed by atoms with Crippen LogP contribution in [0.15, 0.2) is 18.2 Å². The standard InChI is InChI=1S/C14H17NO3/c16-12-4-2-10(6-13(12)17)14(18)8-15-7-9-1-3-11(15)5-9/h2,4,6,9,11,16-17H,1,3,5,7-8H2. The van der Waals surface area contributed by atoms with Crippen molar-refractivity contribution in [2.24, 2.45) is 5.92 Å². The Hall–Kier alpha value is -1.55. The molecule has 2 N–H and O–H groups in total. The van der Waals surface area contributed by atoms with Crippen molar-refractivity contribution in [1.29, 1.82) is 0 Å². The first kappa shape index (κ1) is 11.5. The number of rotatable bonds is 3. The number of fused-ring (bicyclic) bond motifs is 2. The second-order valence-electron chi connectivity index (χ2n) is 5.39. The summed E-state index contributed by atoms with van der Waals surface area (Å²) in [7, 11) is 0. The monoisotopic (exact) mass is 247 g/mol. The van der Waals surface area contributed by atoms with Crippen molar-refractivity contribution in [2.75, 3.05) is 13.1 Å². The average molecular weight is 247 g/mol. The van der Waals surface area contributed by atoms with Gasteiger partial charge in [-0.3, -0.25) is 9.69 Å². The molecular formula is C14H17NO3. The zero-order valence-corrected chi connectivity index (χ0v) is 10.2. The first-order chi connectivity index (χ1) is 8.63. The summed E-state index contributed by atoms with van der Waals surface area (Å²) in [5.41, 5.74) is 0.466. The fourth-order valence-corrected chi connectivity index (χ4v) is 3.19. The number of carbonyl (C=O) groups is 1. The van der Waals surface area contributed by atoms with E-state index in [0.717, 1.165) is 12.5 Å². The minimum Gasteiger partial charge on any atom is -0.504 e. The molecule has 1 aromatic rings. The van der Waals surface area contributed by atoms with Gasteiger partial charge in [0.15, 0.2) is 17.3 Å². The van der Waals surface area contributed by atoms with Crippen LogP contribution in [0.2, 0.25) is 0 Å². The molecule has 96 valence electrons. The van der Waals surface area contributed by atoms with E-state index in [0.29, 0.717) is 18.2 Å². The number of aromatic hydroxyl groups is 2. The van der Waals surface area contributed by atoms with Gasteiger partial charge in [0.2, 0.25) is 0 Å². The van der Waals surface area contributed by atoms with Gasteiger partial charge in [-0.1, -0.05) is 0 Å². The van der Waals surface area contributed by atoms with Gasteiger partial charge < -0.3 is 10.2 Å². The van der Waals surface area contributed by atoms with E-state index < -0.39 is 0 Å². The lowest BCUT2D eigenvalue weighted by atomic mass is 10.1. The second kappa shape index (κ2) is 4.28. The third-order valence-electron chi connectivity index (χ3n) is 4.17. The van der Waals surface area contributed by atoms with E-state index in [-0.39, 0.29) is 17.3 Å². The molecule has 2 aliphatic rings. The smallest absolute Gasteiger partial charge is 0.176 e. The molecule has 1 saturated carbocycles. The Labute approximate surface area is 106 Å². The molecule has 2 atom stereocenters. The highest BCUT2D eigenvalue weighted by atomic mass is 16.3. The van der Waals surface area contributed by atoms with Gasteiger partial charge in [-0.05, 0) is 43.4 Å². The number of Topliss-reactive ketones (excluding diaryl/α,β-unsaturated/α-hetero) is 1. The summed E-state index contributed by atoms with van der Waals surface area (Å²) in [6, 6.07) is 4.83. The second-order valence-corrected chi connectivity index (χ2v) is 5.39. The number of benzene rings is 1. The maximum Gasteiger partial charge on any atom is 0.176 e. The molecule has 1 heterocycles. The molecule has 2 bridgehead atoms. The Morgan fingerprint density at radius 1 is 1.28 bits per heavy atom.